The molecule has 0 aliphatic carbocycles. The average Bonchev–Trinajstić information content (AvgIpc) is 2.93. The molecular weight excluding hydrogens is 400 g/mol. The largest absolute Gasteiger partial charge is 0.497 e. The van der Waals surface area contributed by atoms with E-state index in [1.165, 1.54) is 0 Å². The van der Waals surface area contributed by atoms with Gasteiger partial charge in [0.15, 0.2) is 0 Å². The zero-order chi connectivity index (χ0) is 20.3. The lowest BCUT2D eigenvalue weighted by molar-refractivity contribution is -0.127. The topological polar surface area (TPSA) is 75.7 Å². The van der Waals surface area contributed by atoms with Crippen LogP contribution in [-0.4, -0.2) is 35.6 Å². The summed E-state index contributed by atoms with van der Waals surface area (Å²) in [5.74, 6) is -0.283. The number of thioether (sulfide) groups is 1. The number of aryl methyl sites for hydroxylation is 1. The summed E-state index contributed by atoms with van der Waals surface area (Å²) in [5.41, 5.74) is 2.14. The Bertz CT molecular complexity index is 973. The summed E-state index contributed by atoms with van der Waals surface area (Å²) >= 11 is 6.85. The number of anilines is 1. The molecule has 1 aliphatic heterocycles. The molecule has 28 heavy (non-hydrogen) atoms. The highest BCUT2D eigenvalue weighted by atomic mass is 35.5. The van der Waals surface area contributed by atoms with E-state index in [-0.39, 0.29) is 11.4 Å². The molecule has 1 saturated heterocycles. The fourth-order valence-corrected chi connectivity index (χ4v) is 3.52. The van der Waals surface area contributed by atoms with Gasteiger partial charge in [-0.05, 0) is 60.2 Å². The smallest absolute Gasteiger partial charge is 0.294 e. The van der Waals surface area contributed by atoms with E-state index in [2.05, 4.69) is 5.32 Å². The number of nitrogens with zero attached hydrogens (tertiary/aromatic N) is 1. The van der Waals surface area contributed by atoms with E-state index in [9.17, 15) is 14.4 Å². The molecule has 0 spiro atoms. The summed E-state index contributed by atoms with van der Waals surface area (Å²) < 4.78 is 5.09. The molecule has 2 aromatic rings. The Morgan fingerprint density at radius 3 is 2.57 bits per heavy atom. The second-order valence-corrected chi connectivity index (χ2v) is 7.45. The first-order chi connectivity index (χ1) is 13.4. The van der Waals surface area contributed by atoms with Crippen molar-refractivity contribution >= 4 is 52.2 Å². The second kappa shape index (κ2) is 8.50. The summed E-state index contributed by atoms with van der Waals surface area (Å²) in [6.07, 6.45) is 1.61. The number of ether oxygens (including phenoxy) is 1. The Kier molecular flexibility index (Phi) is 6.06. The number of imide groups is 1. The van der Waals surface area contributed by atoms with Gasteiger partial charge in [0.25, 0.3) is 11.1 Å². The summed E-state index contributed by atoms with van der Waals surface area (Å²) in [4.78, 5) is 38.1. The molecule has 3 rings (SSSR count). The van der Waals surface area contributed by atoms with Crippen LogP contribution in [0.5, 0.6) is 5.75 Å². The SMILES string of the molecule is COc1ccc(/C=C2/SC(=O)N(CC(=O)Nc3ccc(C)c(Cl)c3)C2=O)cc1. The van der Waals surface area contributed by atoms with Gasteiger partial charge in [-0.25, -0.2) is 0 Å². The van der Waals surface area contributed by atoms with Crippen LogP contribution < -0.4 is 10.1 Å². The summed E-state index contributed by atoms with van der Waals surface area (Å²) in [6.45, 7) is 1.49. The van der Waals surface area contributed by atoms with Gasteiger partial charge in [0.2, 0.25) is 5.91 Å². The monoisotopic (exact) mass is 416 g/mol. The molecule has 1 N–H and O–H groups in total. The number of hydrogen-bond donors (Lipinski definition) is 1. The summed E-state index contributed by atoms with van der Waals surface area (Å²) in [7, 11) is 1.57. The van der Waals surface area contributed by atoms with E-state index in [4.69, 9.17) is 16.3 Å². The predicted molar refractivity (Wildman–Crippen MR) is 110 cm³/mol. The normalized spacial score (nSPS) is 15.2. The third kappa shape index (κ3) is 4.55. The lowest BCUT2D eigenvalue weighted by atomic mass is 10.2. The molecule has 0 atom stereocenters. The second-order valence-electron chi connectivity index (χ2n) is 6.05. The fourth-order valence-electron chi connectivity index (χ4n) is 2.50. The Hall–Kier alpha value is -2.77. The Balaban J connectivity index is 1.68. The van der Waals surface area contributed by atoms with Gasteiger partial charge in [-0.15, -0.1) is 0 Å². The van der Waals surface area contributed by atoms with Crippen molar-refractivity contribution in [1.29, 1.82) is 0 Å². The van der Waals surface area contributed by atoms with Gasteiger partial charge in [0, 0.05) is 10.7 Å². The predicted octanol–water partition coefficient (Wildman–Crippen LogP) is 4.33. The molecule has 0 unspecified atom stereocenters. The number of carbonyl (C=O) groups is 3. The number of hydrogen-bond acceptors (Lipinski definition) is 5. The van der Waals surface area contributed by atoms with E-state index in [1.807, 2.05) is 6.92 Å². The van der Waals surface area contributed by atoms with Crippen molar-refractivity contribution in [3.05, 3.63) is 63.5 Å². The molecule has 0 saturated carbocycles. The first kappa shape index (κ1) is 20.0. The van der Waals surface area contributed by atoms with E-state index < -0.39 is 17.1 Å². The van der Waals surface area contributed by atoms with Crippen LogP contribution in [-0.2, 0) is 9.59 Å². The van der Waals surface area contributed by atoms with Gasteiger partial charge in [-0.1, -0.05) is 29.8 Å². The van der Waals surface area contributed by atoms with Crippen molar-refractivity contribution < 1.29 is 19.1 Å². The first-order valence-electron chi connectivity index (χ1n) is 8.33. The Morgan fingerprint density at radius 1 is 1.21 bits per heavy atom. The van der Waals surface area contributed by atoms with Crippen molar-refractivity contribution in [1.82, 2.24) is 4.90 Å². The van der Waals surface area contributed by atoms with Crippen LogP contribution >= 0.6 is 23.4 Å². The molecule has 1 fully saturated rings. The van der Waals surface area contributed by atoms with Gasteiger partial charge in [-0.2, -0.15) is 0 Å². The number of amides is 3. The molecule has 0 aromatic heterocycles. The van der Waals surface area contributed by atoms with Gasteiger partial charge >= 0.3 is 0 Å². The molecule has 6 nitrogen and oxygen atoms in total. The lowest BCUT2D eigenvalue weighted by Crippen LogP contribution is -2.36. The Labute approximate surface area is 171 Å². The number of nitrogens with one attached hydrogen (secondary N) is 1. The number of rotatable bonds is 5. The van der Waals surface area contributed by atoms with E-state index >= 15 is 0 Å². The summed E-state index contributed by atoms with van der Waals surface area (Å²) in [6, 6.07) is 12.2. The molecule has 2 aromatic carbocycles. The number of methoxy groups -OCH3 is 1. The van der Waals surface area contributed by atoms with E-state index in [0.29, 0.717) is 16.5 Å². The maximum absolute atomic E-state index is 12.5. The highest BCUT2D eigenvalue weighted by Gasteiger charge is 2.36. The number of benzene rings is 2. The van der Waals surface area contributed by atoms with Crippen LogP contribution in [0.2, 0.25) is 5.02 Å². The average molecular weight is 417 g/mol. The lowest BCUT2D eigenvalue weighted by Gasteiger charge is -2.13. The molecule has 1 heterocycles. The Morgan fingerprint density at radius 2 is 1.93 bits per heavy atom. The molecular formula is C20H17ClN2O4S. The van der Waals surface area contributed by atoms with Gasteiger partial charge in [-0.3, -0.25) is 19.3 Å². The summed E-state index contributed by atoms with van der Waals surface area (Å²) in [5, 5.41) is 2.68. The quantitative estimate of drug-likeness (QED) is 0.734. The maximum atomic E-state index is 12.5. The maximum Gasteiger partial charge on any atom is 0.294 e. The molecule has 0 radical (unpaired) electrons. The van der Waals surface area contributed by atoms with Crippen LogP contribution in [0.1, 0.15) is 11.1 Å². The van der Waals surface area contributed by atoms with Crippen LogP contribution in [0, 0.1) is 6.92 Å². The molecule has 8 heteroatoms. The van der Waals surface area contributed by atoms with Crippen LogP contribution in [0.15, 0.2) is 47.4 Å². The standard InChI is InChI=1S/C20H17ClN2O4S/c1-12-3-6-14(10-16(12)21)22-18(24)11-23-19(25)17(28-20(23)26)9-13-4-7-15(27-2)8-5-13/h3-10H,11H2,1-2H3,(H,22,24)/b17-9+. The van der Waals surface area contributed by atoms with Gasteiger partial charge in [0.1, 0.15) is 12.3 Å². The van der Waals surface area contributed by atoms with Crippen molar-refractivity contribution in [2.45, 2.75) is 6.92 Å². The van der Waals surface area contributed by atoms with Crippen LogP contribution in [0.4, 0.5) is 10.5 Å². The minimum atomic E-state index is -0.497. The van der Waals surface area contributed by atoms with Crippen molar-refractivity contribution in [2.24, 2.45) is 0 Å². The van der Waals surface area contributed by atoms with Gasteiger partial charge in [0.05, 0.1) is 12.0 Å². The minimum absolute atomic E-state index is 0.265. The van der Waals surface area contributed by atoms with E-state index in [0.717, 1.165) is 27.8 Å². The van der Waals surface area contributed by atoms with Crippen molar-refractivity contribution in [3.63, 3.8) is 0 Å². The van der Waals surface area contributed by atoms with Crippen LogP contribution in [0.25, 0.3) is 6.08 Å². The van der Waals surface area contributed by atoms with Crippen molar-refractivity contribution in [3.8, 4) is 5.75 Å². The number of halogens is 1. The molecule has 0 bridgehead atoms. The fraction of sp³-hybridized carbons (Fsp3) is 0.150. The van der Waals surface area contributed by atoms with Crippen molar-refractivity contribution in [2.75, 3.05) is 19.0 Å². The number of carbonyl (C=O) groups excluding carboxylic acids is 3. The highest BCUT2D eigenvalue weighted by Crippen LogP contribution is 2.32. The van der Waals surface area contributed by atoms with Crippen LogP contribution in [0.3, 0.4) is 0 Å². The third-order valence-electron chi connectivity index (χ3n) is 4.04. The zero-order valence-electron chi connectivity index (χ0n) is 15.2. The third-order valence-corrected chi connectivity index (χ3v) is 5.36. The first-order valence-corrected chi connectivity index (χ1v) is 9.52. The molecule has 1 aliphatic rings. The minimum Gasteiger partial charge on any atom is -0.497 e. The molecule has 3 amide bonds. The van der Waals surface area contributed by atoms with Gasteiger partial charge < -0.3 is 10.1 Å². The van der Waals surface area contributed by atoms with E-state index in [1.54, 1.807) is 55.7 Å². The zero-order valence-corrected chi connectivity index (χ0v) is 16.8. The molecule has 144 valence electrons. The highest BCUT2D eigenvalue weighted by molar-refractivity contribution is 8.18.